The van der Waals surface area contributed by atoms with Crippen LogP contribution in [0.2, 0.25) is 0 Å². The second kappa shape index (κ2) is 2.34. The van der Waals surface area contributed by atoms with E-state index >= 15 is 0 Å². The van der Waals surface area contributed by atoms with Crippen molar-refractivity contribution in [3.63, 3.8) is 0 Å². The molecule has 92 valence electrons. The first-order valence-electron chi connectivity index (χ1n) is 7.81. The Kier molecular flexibility index (Phi) is 1.23. The molecule has 2 heteroatoms. The Bertz CT molecular complexity index is 413. The standard InChI is InChI=1S/C15H21NO/c1-2-3-4-16-15-12-7-5-6-8-9(7)13(15)11(8)14(17-15)10(6)12/h6-14,16H,2-5H2,1H3/t6-,7+,8-,9+,10-,11-,12-,13-,14-,15+/m1/s1. The summed E-state index contributed by atoms with van der Waals surface area (Å²) in [6.07, 6.45) is 4.88. The van der Waals surface area contributed by atoms with E-state index in [1.165, 1.54) is 19.4 Å². The van der Waals surface area contributed by atoms with Gasteiger partial charge in [-0.3, -0.25) is 5.32 Å². The van der Waals surface area contributed by atoms with Crippen LogP contribution in [0.3, 0.4) is 0 Å². The van der Waals surface area contributed by atoms with Crippen LogP contribution in [0.15, 0.2) is 0 Å². The smallest absolute Gasteiger partial charge is 0.126 e. The third-order valence-electron chi connectivity index (χ3n) is 7.63. The summed E-state index contributed by atoms with van der Waals surface area (Å²) in [5.74, 6) is 8.22. The van der Waals surface area contributed by atoms with Gasteiger partial charge in [-0.2, -0.15) is 0 Å². The van der Waals surface area contributed by atoms with Crippen molar-refractivity contribution >= 4 is 0 Å². The number of unbranched alkanes of at least 4 members (excludes halogenated alkanes) is 1. The zero-order chi connectivity index (χ0) is 10.9. The number of rotatable bonds is 4. The molecule has 4 bridgehead atoms. The van der Waals surface area contributed by atoms with Crippen molar-refractivity contribution < 1.29 is 4.74 Å². The molecule has 17 heavy (non-hydrogen) atoms. The van der Waals surface area contributed by atoms with E-state index in [1.807, 2.05) is 0 Å². The molecule has 10 atom stereocenters. The van der Waals surface area contributed by atoms with Crippen LogP contribution in [0.4, 0.5) is 0 Å². The molecule has 2 aliphatic heterocycles. The van der Waals surface area contributed by atoms with Crippen molar-refractivity contribution in [2.24, 2.45) is 47.3 Å². The van der Waals surface area contributed by atoms with Crippen molar-refractivity contribution in [3.05, 3.63) is 0 Å². The lowest BCUT2D eigenvalue weighted by atomic mass is 9.59. The first kappa shape index (κ1) is 8.92. The molecular formula is C15H21NO. The lowest BCUT2D eigenvalue weighted by Crippen LogP contribution is -2.56. The Hall–Kier alpha value is -0.0800. The van der Waals surface area contributed by atoms with E-state index in [0.717, 1.165) is 47.3 Å². The molecule has 7 rings (SSSR count). The van der Waals surface area contributed by atoms with Gasteiger partial charge in [-0.15, -0.1) is 0 Å². The first-order valence-corrected chi connectivity index (χ1v) is 7.81. The summed E-state index contributed by atoms with van der Waals surface area (Å²) in [6.45, 7) is 3.47. The molecule has 0 spiro atoms. The number of hydrogen-bond donors (Lipinski definition) is 1. The van der Waals surface area contributed by atoms with Crippen LogP contribution in [0.1, 0.15) is 26.2 Å². The van der Waals surface area contributed by atoms with Crippen molar-refractivity contribution in [2.75, 3.05) is 6.54 Å². The van der Waals surface area contributed by atoms with Crippen LogP contribution in [-0.4, -0.2) is 18.4 Å². The molecule has 1 N–H and O–H groups in total. The molecule has 0 unspecified atom stereocenters. The molecule has 5 saturated carbocycles. The third-order valence-corrected chi connectivity index (χ3v) is 7.63. The van der Waals surface area contributed by atoms with Crippen molar-refractivity contribution in [1.82, 2.24) is 5.32 Å². The molecule has 2 saturated heterocycles. The van der Waals surface area contributed by atoms with E-state index in [2.05, 4.69) is 12.2 Å². The normalized spacial score (nSPS) is 74.3. The van der Waals surface area contributed by atoms with Gasteiger partial charge in [-0.05, 0) is 54.9 Å². The molecule has 0 radical (unpaired) electrons. The highest BCUT2D eigenvalue weighted by atomic mass is 16.5. The second-order valence-electron chi connectivity index (χ2n) is 7.58. The van der Waals surface area contributed by atoms with Gasteiger partial charge in [-0.25, -0.2) is 0 Å². The monoisotopic (exact) mass is 231 g/mol. The Morgan fingerprint density at radius 1 is 1.12 bits per heavy atom. The maximum Gasteiger partial charge on any atom is 0.126 e. The fourth-order valence-electron chi connectivity index (χ4n) is 7.75. The van der Waals surface area contributed by atoms with Gasteiger partial charge in [0.2, 0.25) is 0 Å². The fraction of sp³-hybridized carbons (Fsp3) is 1.00. The lowest BCUT2D eigenvalue weighted by Gasteiger charge is -2.46. The van der Waals surface area contributed by atoms with E-state index in [1.54, 1.807) is 6.42 Å². The predicted molar refractivity (Wildman–Crippen MR) is 63.1 cm³/mol. The largest absolute Gasteiger partial charge is 0.356 e. The van der Waals surface area contributed by atoms with Crippen molar-refractivity contribution in [1.29, 1.82) is 0 Å². The molecule has 2 heterocycles. The molecule has 0 aromatic rings. The van der Waals surface area contributed by atoms with Crippen molar-refractivity contribution in [2.45, 2.75) is 38.0 Å². The maximum absolute atomic E-state index is 6.59. The summed E-state index contributed by atoms with van der Waals surface area (Å²) in [7, 11) is 0. The van der Waals surface area contributed by atoms with Crippen LogP contribution < -0.4 is 5.32 Å². The first-order chi connectivity index (χ1) is 8.38. The Morgan fingerprint density at radius 3 is 2.94 bits per heavy atom. The molecular weight excluding hydrogens is 210 g/mol. The highest BCUT2D eigenvalue weighted by Crippen LogP contribution is 2.89. The third kappa shape index (κ3) is 0.613. The average Bonchev–Trinajstić information content (AvgIpc) is 2.89. The van der Waals surface area contributed by atoms with Crippen LogP contribution >= 0.6 is 0 Å². The Morgan fingerprint density at radius 2 is 2.06 bits per heavy atom. The zero-order valence-electron chi connectivity index (χ0n) is 10.4. The summed E-state index contributed by atoms with van der Waals surface area (Å²) in [5.41, 5.74) is 0.187. The molecule has 7 aliphatic rings. The second-order valence-corrected chi connectivity index (χ2v) is 7.58. The fourth-order valence-corrected chi connectivity index (χ4v) is 7.75. The summed E-state index contributed by atoms with van der Waals surface area (Å²) < 4.78 is 6.59. The van der Waals surface area contributed by atoms with E-state index in [0.29, 0.717) is 6.10 Å². The van der Waals surface area contributed by atoms with Gasteiger partial charge in [0.1, 0.15) is 5.72 Å². The van der Waals surface area contributed by atoms with Gasteiger partial charge in [0.25, 0.3) is 0 Å². The van der Waals surface area contributed by atoms with Crippen LogP contribution in [0.5, 0.6) is 0 Å². The van der Waals surface area contributed by atoms with E-state index in [4.69, 9.17) is 4.74 Å². The molecule has 0 amide bonds. The quantitative estimate of drug-likeness (QED) is 0.746. The topological polar surface area (TPSA) is 21.3 Å². The molecule has 2 nitrogen and oxygen atoms in total. The molecule has 0 aromatic heterocycles. The molecule has 7 fully saturated rings. The van der Waals surface area contributed by atoms with Crippen molar-refractivity contribution in [3.8, 4) is 0 Å². The highest BCUT2D eigenvalue weighted by molar-refractivity contribution is 5.38. The summed E-state index contributed by atoms with van der Waals surface area (Å²) in [5, 5.41) is 3.90. The summed E-state index contributed by atoms with van der Waals surface area (Å²) >= 11 is 0. The summed E-state index contributed by atoms with van der Waals surface area (Å²) in [4.78, 5) is 0. The Labute approximate surface area is 102 Å². The minimum absolute atomic E-state index is 0.187. The van der Waals surface area contributed by atoms with E-state index in [9.17, 15) is 0 Å². The van der Waals surface area contributed by atoms with Gasteiger partial charge in [0.05, 0.1) is 6.10 Å². The minimum atomic E-state index is 0.187. The molecule has 5 aliphatic carbocycles. The van der Waals surface area contributed by atoms with Gasteiger partial charge < -0.3 is 4.74 Å². The minimum Gasteiger partial charge on any atom is -0.356 e. The van der Waals surface area contributed by atoms with Gasteiger partial charge >= 0.3 is 0 Å². The number of ether oxygens (including phenoxy) is 1. The maximum atomic E-state index is 6.59. The lowest BCUT2D eigenvalue weighted by molar-refractivity contribution is -0.0574. The van der Waals surface area contributed by atoms with Gasteiger partial charge in [0.15, 0.2) is 0 Å². The number of nitrogens with one attached hydrogen (secondary N) is 1. The SMILES string of the molecule is CCCCN[C@@]12O[C@H]3[C@@H]4[C@@H]5[C@H]6C[C@@H]([C@@H]5[C@H]41)[C@@H]2[C@@H]63. The van der Waals surface area contributed by atoms with E-state index in [-0.39, 0.29) is 5.72 Å². The zero-order valence-corrected chi connectivity index (χ0v) is 10.4. The van der Waals surface area contributed by atoms with Gasteiger partial charge in [-0.1, -0.05) is 13.3 Å². The predicted octanol–water partition coefficient (Wildman–Crippen LogP) is 1.86. The number of hydrogen-bond acceptors (Lipinski definition) is 2. The van der Waals surface area contributed by atoms with Crippen LogP contribution in [0, 0.1) is 47.3 Å². The molecule has 0 aromatic carbocycles. The van der Waals surface area contributed by atoms with Crippen LogP contribution in [0.25, 0.3) is 0 Å². The highest BCUT2D eigenvalue weighted by Gasteiger charge is 2.92. The van der Waals surface area contributed by atoms with Gasteiger partial charge in [0, 0.05) is 11.8 Å². The average molecular weight is 231 g/mol. The van der Waals surface area contributed by atoms with E-state index < -0.39 is 0 Å². The summed E-state index contributed by atoms with van der Waals surface area (Å²) in [6, 6.07) is 0. The van der Waals surface area contributed by atoms with Crippen LogP contribution in [-0.2, 0) is 4.74 Å². The Balaban J connectivity index is 1.44.